The molecule has 2 atom stereocenters. The van der Waals surface area contributed by atoms with Gasteiger partial charge in [0.15, 0.2) is 11.6 Å². The molecule has 0 unspecified atom stereocenters. The minimum absolute atomic E-state index is 0.0448. The Balaban J connectivity index is 1.06. The molecule has 49 heavy (non-hydrogen) atoms. The maximum absolute atomic E-state index is 14.5. The molecular formula is C33H46F3N7O5S. The number of likely N-dealkylation sites (tertiary alicyclic amines) is 1. The molecule has 0 bridgehead atoms. The van der Waals surface area contributed by atoms with Gasteiger partial charge in [-0.3, -0.25) is 4.79 Å². The fourth-order valence-electron chi connectivity index (χ4n) is 7.60. The first kappa shape index (κ1) is 35.8. The Labute approximate surface area is 285 Å². The highest BCUT2D eigenvalue weighted by atomic mass is 32.2. The molecule has 1 saturated carbocycles. The number of nitrogens with one attached hydrogen (secondary N) is 2. The van der Waals surface area contributed by atoms with E-state index in [1.54, 1.807) is 13.8 Å². The molecular weight excluding hydrogens is 663 g/mol. The lowest BCUT2D eigenvalue weighted by Gasteiger charge is -2.55. The highest BCUT2D eigenvalue weighted by Gasteiger charge is 2.50. The molecule has 1 aromatic heterocycles. The van der Waals surface area contributed by atoms with Crippen molar-refractivity contribution < 1.29 is 35.9 Å². The summed E-state index contributed by atoms with van der Waals surface area (Å²) in [6, 6.07) is 2.39. The Kier molecular flexibility index (Phi) is 9.91. The van der Waals surface area contributed by atoms with Gasteiger partial charge in [0.05, 0.1) is 24.0 Å². The molecule has 0 radical (unpaired) electrons. The van der Waals surface area contributed by atoms with E-state index in [1.165, 1.54) is 36.6 Å². The number of rotatable bonds is 11. The summed E-state index contributed by atoms with van der Waals surface area (Å²) in [6.07, 6.45) is 5.54. The van der Waals surface area contributed by atoms with Crippen LogP contribution in [-0.2, 0) is 14.9 Å². The number of piperidine rings is 1. The van der Waals surface area contributed by atoms with Gasteiger partial charge in [0.25, 0.3) is 22.0 Å². The minimum atomic E-state index is -3.51. The van der Waals surface area contributed by atoms with E-state index in [9.17, 15) is 26.4 Å². The van der Waals surface area contributed by atoms with Gasteiger partial charge in [-0.1, -0.05) is 0 Å². The summed E-state index contributed by atoms with van der Waals surface area (Å²) < 4.78 is 82.9. The standard InChI is InChI=1S/C33H46F3N7O5S/c1-22(2)43(25-14-33(35,36)15-25)30(44)26-13-23(34)5-6-27(26)48-28-16-38-21-39-29(28)42-19-32(20-42)9-11-41(12-10-32)18-31(3)8-7-24(17-47-31)40-49(45,46)37-4/h5-6,13,16,21-22,24-25,37,40H,7-12,14-15,17-20H2,1-4H3/t24-,31-/m1/s1. The molecule has 1 spiro atoms. The van der Waals surface area contributed by atoms with E-state index >= 15 is 0 Å². The lowest BCUT2D eigenvalue weighted by atomic mass is 9.71. The predicted octanol–water partition coefficient (Wildman–Crippen LogP) is 3.95. The van der Waals surface area contributed by atoms with E-state index in [4.69, 9.17) is 9.47 Å². The van der Waals surface area contributed by atoms with Crippen LogP contribution in [0.4, 0.5) is 19.0 Å². The molecule has 3 saturated heterocycles. The van der Waals surface area contributed by atoms with Crippen LogP contribution < -0.4 is 19.1 Å². The van der Waals surface area contributed by atoms with Crippen molar-refractivity contribution in [2.24, 2.45) is 5.41 Å². The predicted molar refractivity (Wildman–Crippen MR) is 177 cm³/mol. The molecule has 1 aliphatic carbocycles. The third-order valence-electron chi connectivity index (χ3n) is 10.4. The number of alkyl halides is 2. The normalized spacial score (nSPS) is 25.6. The Morgan fingerprint density at radius 1 is 1.16 bits per heavy atom. The van der Waals surface area contributed by atoms with Crippen LogP contribution in [0.2, 0.25) is 0 Å². The molecule has 3 aliphatic heterocycles. The number of aromatic nitrogens is 2. The molecule has 1 aromatic carbocycles. The summed E-state index contributed by atoms with van der Waals surface area (Å²) in [5, 5.41) is 0. The minimum Gasteiger partial charge on any atom is -0.451 e. The number of ether oxygens (including phenoxy) is 2. The first-order valence-electron chi connectivity index (χ1n) is 16.9. The van der Waals surface area contributed by atoms with Gasteiger partial charge >= 0.3 is 0 Å². The largest absolute Gasteiger partial charge is 0.451 e. The van der Waals surface area contributed by atoms with Gasteiger partial charge in [0.1, 0.15) is 17.9 Å². The van der Waals surface area contributed by atoms with Crippen molar-refractivity contribution in [3.05, 3.63) is 42.1 Å². The van der Waals surface area contributed by atoms with Gasteiger partial charge in [0.2, 0.25) is 0 Å². The Morgan fingerprint density at radius 3 is 2.49 bits per heavy atom. The van der Waals surface area contributed by atoms with E-state index in [1.807, 2.05) is 0 Å². The summed E-state index contributed by atoms with van der Waals surface area (Å²) in [6.45, 7) is 10.1. The third-order valence-corrected chi connectivity index (χ3v) is 11.6. The summed E-state index contributed by atoms with van der Waals surface area (Å²) in [4.78, 5) is 28.2. The average Bonchev–Trinajstić information content (AvgIpc) is 3.02. The Hall–Kier alpha value is -3.05. The van der Waals surface area contributed by atoms with Crippen molar-refractivity contribution in [1.29, 1.82) is 0 Å². The molecule has 12 nitrogen and oxygen atoms in total. The number of benzene rings is 1. The number of hydrogen-bond acceptors (Lipinski definition) is 9. The van der Waals surface area contributed by atoms with E-state index in [-0.39, 0.29) is 34.4 Å². The second-order valence-corrected chi connectivity index (χ2v) is 16.3. The number of carbonyl (C=O) groups excluding carboxylic acids is 1. The number of carbonyl (C=O) groups is 1. The zero-order chi connectivity index (χ0) is 35.2. The summed E-state index contributed by atoms with van der Waals surface area (Å²) >= 11 is 0. The smallest absolute Gasteiger partial charge is 0.276 e. The first-order chi connectivity index (χ1) is 23.1. The van der Waals surface area contributed by atoms with Crippen LogP contribution in [0.3, 0.4) is 0 Å². The van der Waals surface area contributed by atoms with Crippen molar-refractivity contribution in [3.63, 3.8) is 0 Å². The van der Waals surface area contributed by atoms with Crippen molar-refractivity contribution in [2.45, 2.75) is 88.9 Å². The lowest BCUT2D eigenvalue weighted by molar-refractivity contribution is -0.120. The van der Waals surface area contributed by atoms with Gasteiger partial charge in [-0.15, -0.1) is 0 Å². The molecule has 16 heteroatoms. The van der Waals surface area contributed by atoms with E-state index < -0.39 is 46.7 Å². The maximum atomic E-state index is 14.5. The molecule has 2 aromatic rings. The van der Waals surface area contributed by atoms with Gasteiger partial charge < -0.3 is 24.2 Å². The fraction of sp³-hybridized carbons (Fsp3) is 0.667. The van der Waals surface area contributed by atoms with Crippen molar-refractivity contribution in [3.8, 4) is 11.5 Å². The molecule has 4 heterocycles. The van der Waals surface area contributed by atoms with Gasteiger partial charge in [-0.2, -0.15) is 13.1 Å². The van der Waals surface area contributed by atoms with Crippen LogP contribution in [0.25, 0.3) is 0 Å². The molecule has 4 aliphatic rings. The summed E-state index contributed by atoms with van der Waals surface area (Å²) in [7, 11) is -2.14. The summed E-state index contributed by atoms with van der Waals surface area (Å²) in [5.74, 6) is -3.03. The molecule has 270 valence electrons. The lowest BCUT2D eigenvalue weighted by Crippen LogP contribution is -2.62. The van der Waals surface area contributed by atoms with Crippen LogP contribution in [0.1, 0.15) is 69.7 Å². The second-order valence-electron chi connectivity index (χ2n) is 14.6. The van der Waals surface area contributed by atoms with E-state index in [2.05, 4.69) is 36.1 Å². The number of hydrogen-bond donors (Lipinski definition) is 2. The van der Waals surface area contributed by atoms with Crippen LogP contribution in [-0.4, -0.2) is 110 Å². The van der Waals surface area contributed by atoms with Crippen LogP contribution in [0.5, 0.6) is 11.5 Å². The molecule has 1 amide bonds. The zero-order valence-corrected chi connectivity index (χ0v) is 29.2. The third kappa shape index (κ3) is 7.98. The van der Waals surface area contributed by atoms with Crippen LogP contribution in [0, 0.1) is 11.2 Å². The molecule has 2 N–H and O–H groups in total. The average molecular weight is 710 g/mol. The molecule has 4 fully saturated rings. The van der Waals surface area contributed by atoms with Crippen LogP contribution in [0.15, 0.2) is 30.7 Å². The number of anilines is 1. The quantitative estimate of drug-likeness (QED) is 0.357. The monoisotopic (exact) mass is 709 g/mol. The van der Waals surface area contributed by atoms with Crippen molar-refractivity contribution in [1.82, 2.24) is 29.2 Å². The van der Waals surface area contributed by atoms with Crippen molar-refractivity contribution >= 4 is 21.9 Å². The van der Waals surface area contributed by atoms with Crippen molar-refractivity contribution in [2.75, 3.05) is 51.3 Å². The SMILES string of the molecule is CNS(=O)(=O)N[C@@H]1CC[C@](C)(CN2CCC3(CC2)CN(c2ncncc2Oc2ccc(F)cc2C(=O)N(C(C)C)C2CC(F)(F)C2)C3)OC1. The number of halogens is 3. The highest BCUT2D eigenvalue weighted by Crippen LogP contribution is 2.46. The van der Waals surface area contributed by atoms with Gasteiger partial charge in [-0.25, -0.2) is 27.9 Å². The second kappa shape index (κ2) is 13.6. The summed E-state index contributed by atoms with van der Waals surface area (Å²) in [5.41, 5.74) is -0.277. The number of nitrogens with zero attached hydrogens (tertiary/aromatic N) is 5. The topological polar surface area (TPSA) is 129 Å². The highest BCUT2D eigenvalue weighted by molar-refractivity contribution is 7.87. The number of amides is 1. The first-order valence-corrected chi connectivity index (χ1v) is 18.4. The maximum Gasteiger partial charge on any atom is 0.276 e. The van der Waals surface area contributed by atoms with Gasteiger partial charge in [-0.05, 0) is 77.7 Å². The zero-order valence-electron chi connectivity index (χ0n) is 28.4. The van der Waals surface area contributed by atoms with Gasteiger partial charge in [0, 0.05) is 63.1 Å². The molecule has 6 rings (SSSR count). The van der Waals surface area contributed by atoms with E-state index in [0.29, 0.717) is 24.6 Å². The Morgan fingerprint density at radius 2 is 1.88 bits per heavy atom. The van der Waals surface area contributed by atoms with E-state index in [0.717, 1.165) is 58.1 Å². The van der Waals surface area contributed by atoms with Crippen LogP contribution >= 0.6 is 0 Å². The fourth-order valence-corrected chi connectivity index (χ4v) is 8.35. The Bertz CT molecular complexity index is 1620.